The second-order valence-electron chi connectivity index (χ2n) is 9.16. The largest absolute Gasteiger partial charge is 0.507 e. The van der Waals surface area contributed by atoms with Crippen LogP contribution in [0.25, 0.3) is 33.3 Å². The third-order valence-electron chi connectivity index (χ3n) is 6.36. The molecule has 2 aromatic carbocycles. The van der Waals surface area contributed by atoms with Crippen molar-refractivity contribution in [2.75, 3.05) is 24.5 Å². The number of halogens is 2. The molecule has 1 aliphatic heterocycles. The van der Waals surface area contributed by atoms with Crippen LogP contribution >= 0.6 is 24.8 Å². The van der Waals surface area contributed by atoms with E-state index in [-0.39, 0.29) is 30.6 Å². The molecule has 10 heteroatoms. The number of phenols is 1. The number of rotatable bonds is 4. The van der Waals surface area contributed by atoms with E-state index < -0.39 is 0 Å². The number of nitrogens with one attached hydrogen (secondary N) is 1. The highest BCUT2D eigenvalue weighted by molar-refractivity contribution is 5.88. The number of aryl methyl sites for hydroxylation is 2. The third kappa shape index (κ3) is 5.34. The van der Waals surface area contributed by atoms with Gasteiger partial charge in [0.15, 0.2) is 0 Å². The van der Waals surface area contributed by atoms with E-state index in [4.69, 9.17) is 0 Å². The fraction of sp³-hybridized carbons (Fsp3) is 0.360. The zero-order valence-electron chi connectivity index (χ0n) is 20.3. The number of phenolic OH excluding ortho intramolecular Hbond substituents is 1. The molecular formula is C25H31Cl2N7O. The second kappa shape index (κ2) is 10.8. The SMILES string of the molecule is Cc1cc(-c2ccc(-c3cnc(N4CCN[C@@H](C(C)C)C4)nn3)c(O)c2)cc2cn(C)nc12.Cl.Cl. The maximum Gasteiger partial charge on any atom is 0.245 e. The Morgan fingerprint density at radius 3 is 2.57 bits per heavy atom. The molecule has 2 aromatic heterocycles. The summed E-state index contributed by atoms with van der Waals surface area (Å²) in [7, 11) is 1.92. The van der Waals surface area contributed by atoms with Crippen LogP contribution in [0.5, 0.6) is 5.75 Å². The van der Waals surface area contributed by atoms with Crippen LogP contribution in [0.4, 0.5) is 5.95 Å². The summed E-state index contributed by atoms with van der Waals surface area (Å²) in [5.74, 6) is 1.32. The maximum atomic E-state index is 10.8. The molecule has 35 heavy (non-hydrogen) atoms. The van der Waals surface area contributed by atoms with Gasteiger partial charge in [-0.15, -0.1) is 35.0 Å². The molecule has 3 heterocycles. The van der Waals surface area contributed by atoms with Crippen molar-refractivity contribution in [2.45, 2.75) is 26.8 Å². The van der Waals surface area contributed by atoms with Crippen molar-refractivity contribution in [3.63, 3.8) is 0 Å². The van der Waals surface area contributed by atoms with Crippen LogP contribution in [0.15, 0.2) is 42.7 Å². The van der Waals surface area contributed by atoms with Crippen molar-refractivity contribution in [3.05, 3.63) is 48.3 Å². The fourth-order valence-electron chi connectivity index (χ4n) is 4.47. The van der Waals surface area contributed by atoms with Crippen LogP contribution in [0, 0.1) is 12.8 Å². The number of aromatic hydroxyl groups is 1. The lowest BCUT2D eigenvalue weighted by atomic mass is 9.99. The molecule has 1 aliphatic rings. The van der Waals surface area contributed by atoms with Gasteiger partial charge in [-0.2, -0.15) is 5.10 Å². The van der Waals surface area contributed by atoms with Gasteiger partial charge in [-0.3, -0.25) is 4.68 Å². The standard InChI is InChI=1S/C25H29N7O.2ClH/c1-15(2)22-14-32(8-7-26-22)25-27-12-21(28-29-25)20-6-5-17(11-23(20)33)18-9-16(3)24-19(10-18)13-31(4)30-24;;/h5-6,9-13,15,22,26,33H,7-8,14H2,1-4H3;2*1H/t22-;;/m1../s1. The summed E-state index contributed by atoms with van der Waals surface area (Å²) >= 11 is 0. The molecule has 0 amide bonds. The minimum Gasteiger partial charge on any atom is -0.507 e. The van der Waals surface area contributed by atoms with E-state index in [9.17, 15) is 5.11 Å². The van der Waals surface area contributed by atoms with Gasteiger partial charge in [0.25, 0.3) is 0 Å². The Morgan fingerprint density at radius 1 is 1.09 bits per heavy atom. The first-order valence-electron chi connectivity index (χ1n) is 11.3. The summed E-state index contributed by atoms with van der Waals surface area (Å²) in [5.41, 5.74) is 5.23. The fourth-order valence-corrected chi connectivity index (χ4v) is 4.47. The van der Waals surface area contributed by atoms with Crippen LogP contribution in [-0.4, -0.2) is 55.7 Å². The van der Waals surface area contributed by atoms with E-state index in [1.807, 2.05) is 30.1 Å². The monoisotopic (exact) mass is 515 g/mol. The number of anilines is 1. The molecule has 0 aliphatic carbocycles. The molecule has 0 unspecified atom stereocenters. The van der Waals surface area contributed by atoms with Gasteiger partial charge in [0.05, 0.1) is 11.7 Å². The summed E-state index contributed by atoms with van der Waals surface area (Å²) < 4.78 is 1.82. The van der Waals surface area contributed by atoms with Crippen molar-refractivity contribution in [1.29, 1.82) is 0 Å². The minimum absolute atomic E-state index is 0. The van der Waals surface area contributed by atoms with E-state index in [1.165, 1.54) is 0 Å². The zero-order chi connectivity index (χ0) is 23.1. The average Bonchev–Trinajstić information content (AvgIpc) is 3.20. The van der Waals surface area contributed by atoms with Gasteiger partial charge in [0.1, 0.15) is 11.4 Å². The van der Waals surface area contributed by atoms with Gasteiger partial charge in [-0.25, -0.2) is 4.98 Å². The first-order valence-corrected chi connectivity index (χ1v) is 11.3. The highest BCUT2D eigenvalue weighted by Gasteiger charge is 2.23. The van der Waals surface area contributed by atoms with Gasteiger partial charge in [-0.05, 0) is 53.8 Å². The maximum absolute atomic E-state index is 10.8. The Hall–Kier alpha value is -2.94. The number of benzene rings is 2. The van der Waals surface area contributed by atoms with Gasteiger partial charge < -0.3 is 15.3 Å². The molecule has 2 N–H and O–H groups in total. The lowest BCUT2D eigenvalue weighted by Gasteiger charge is -2.35. The highest BCUT2D eigenvalue weighted by Crippen LogP contribution is 2.34. The molecular weight excluding hydrogens is 485 g/mol. The molecule has 0 spiro atoms. The van der Waals surface area contributed by atoms with E-state index in [2.05, 4.69) is 63.4 Å². The summed E-state index contributed by atoms with van der Waals surface area (Å²) in [6.45, 7) is 9.10. The molecule has 0 bridgehead atoms. The molecule has 186 valence electrons. The normalized spacial score (nSPS) is 15.7. The first-order chi connectivity index (χ1) is 15.9. The molecule has 4 aromatic rings. The number of hydrogen-bond donors (Lipinski definition) is 2. The molecule has 1 fully saturated rings. The Kier molecular flexibility index (Phi) is 8.20. The van der Waals surface area contributed by atoms with Crippen LogP contribution < -0.4 is 10.2 Å². The Bertz CT molecular complexity index is 1310. The topological polar surface area (TPSA) is 92.0 Å². The van der Waals surface area contributed by atoms with Crippen molar-refractivity contribution in [2.24, 2.45) is 13.0 Å². The second-order valence-corrected chi connectivity index (χ2v) is 9.16. The van der Waals surface area contributed by atoms with Crippen molar-refractivity contribution in [3.8, 4) is 28.1 Å². The van der Waals surface area contributed by atoms with Crippen LogP contribution in [-0.2, 0) is 7.05 Å². The Labute approximate surface area is 217 Å². The molecule has 0 saturated carbocycles. The number of aromatic nitrogens is 5. The minimum atomic E-state index is 0. The number of fused-ring (bicyclic) bond motifs is 1. The summed E-state index contributed by atoms with van der Waals surface area (Å²) in [6.07, 6.45) is 3.69. The molecule has 0 radical (unpaired) electrons. The smallest absolute Gasteiger partial charge is 0.245 e. The van der Waals surface area contributed by atoms with E-state index in [0.717, 1.165) is 47.2 Å². The van der Waals surface area contributed by atoms with Crippen molar-refractivity contribution >= 4 is 41.7 Å². The number of piperazine rings is 1. The predicted octanol–water partition coefficient (Wildman–Crippen LogP) is 4.38. The van der Waals surface area contributed by atoms with E-state index >= 15 is 0 Å². The Balaban J connectivity index is 0.00000171. The summed E-state index contributed by atoms with van der Waals surface area (Å²) in [5, 5.41) is 28.6. The van der Waals surface area contributed by atoms with E-state index in [1.54, 1.807) is 12.3 Å². The zero-order valence-corrected chi connectivity index (χ0v) is 21.9. The van der Waals surface area contributed by atoms with Gasteiger partial charge in [-0.1, -0.05) is 19.9 Å². The van der Waals surface area contributed by atoms with Crippen molar-refractivity contribution < 1.29 is 5.11 Å². The third-order valence-corrected chi connectivity index (χ3v) is 6.36. The van der Waals surface area contributed by atoms with E-state index in [0.29, 0.717) is 29.2 Å². The molecule has 8 nitrogen and oxygen atoms in total. The van der Waals surface area contributed by atoms with Gasteiger partial charge in [0, 0.05) is 49.9 Å². The number of hydrogen-bond acceptors (Lipinski definition) is 7. The predicted molar refractivity (Wildman–Crippen MR) is 145 cm³/mol. The quantitative estimate of drug-likeness (QED) is 0.416. The molecule has 1 atom stereocenters. The molecule has 5 rings (SSSR count). The van der Waals surface area contributed by atoms with Crippen LogP contribution in [0.2, 0.25) is 0 Å². The first kappa shape index (κ1) is 26.7. The lowest BCUT2D eigenvalue weighted by molar-refractivity contribution is 0.365. The van der Waals surface area contributed by atoms with Crippen LogP contribution in [0.3, 0.4) is 0 Å². The molecule has 1 saturated heterocycles. The van der Waals surface area contributed by atoms with Crippen LogP contribution in [0.1, 0.15) is 19.4 Å². The Morgan fingerprint density at radius 2 is 1.89 bits per heavy atom. The highest BCUT2D eigenvalue weighted by atomic mass is 35.5. The summed E-state index contributed by atoms with van der Waals surface area (Å²) in [6, 6.07) is 10.2. The van der Waals surface area contributed by atoms with Crippen molar-refractivity contribution in [1.82, 2.24) is 30.3 Å². The number of nitrogens with zero attached hydrogens (tertiary/aromatic N) is 6. The van der Waals surface area contributed by atoms with Gasteiger partial charge in [0.2, 0.25) is 5.95 Å². The average molecular weight is 516 g/mol. The lowest BCUT2D eigenvalue weighted by Crippen LogP contribution is -2.53. The van der Waals surface area contributed by atoms with Gasteiger partial charge >= 0.3 is 0 Å². The summed E-state index contributed by atoms with van der Waals surface area (Å²) in [4.78, 5) is 6.71.